The van der Waals surface area contributed by atoms with Crippen LogP contribution in [0.1, 0.15) is 58.3 Å². The summed E-state index contributed by atoms with van der Waals surface area (Å²) in [7, 11) is 0. The molecule has 1 unspecified atom stereocenters. The number of hydrogen-bond donors (Lipinski definition) is 7. The van der Waals surface area contributed by atoms with E-state index in [0.29, 0.717) is 6.61 Å². The molecule has 0 aromatic carbocycles. The van der Waals surface area contributed by atoms with Gasteiger partial charge in [0.25, 0.3) is 0 Å². The van der Waals surface area contributed by atoms with Crippen molar-refractivity contribution in [2.75, 3.05) is 19.8 Å². The Kier molecular flexibility index (Phi) is 12.3. The SMILES string of the molecule is CCCCCCCCCCO[C@H]1OC(CO)=C(O[C@H]2OC(CO)[C@@H](O)[C@H](O)[C@@H]2O)[C@@H](O)[C@H]1O. The molecule has 0 spiro atoms. The summed E-state index contributed by atoms with van der Waals surface area (Å²) in [4.78, 5) is 0. The Morgan fingerprint density at radius 2 is 1.39 bits per heavy atom. The second-order valence-corrected chi connectivity index (χ2v) is 8.53. The summed E-state index contributed by atoms with van der Waals surface area (Å²) < 4.78 is 21.6. The van der Waals surface area contributed by atoms with Crippen molar-refractivity contribution in [1.29, 1.82) is 0 Å². The fourth-order valence-electron chi connectivity index (χ4n) is 3.85. The van der Waals surface area contributed by atoms with Gasteiger partial charge in [-0.05, 0) is 6.42 Å². The van der Waals surface area contributed by atoms with Crippen LogP contribution in [0, 0.1) is 0 Å². The summed E-state index contributed by atoms with van der Waals surface area (Å²) in [6.07, 6.45) is -3.36. The molecule has 1 fully saturated rings. The number of aliphatic hydroxyl groups excluding tert-OH is 7. The van der Waals surface area contributed by atoms with Gasteiger partial charge in [-0.3, -0.25) is 0 Å². The summed E-state index contributed by atoms with van der Waals surface area (Å²) >= 11 is 0. The predicted molar refractivity (Wildman–Crippen MR) is 114 cm³/mol. The third-order valence-electron chi connectivity index (χ3n) is 5.92. The first kappa shape index (κ1) is 28.2. The van der Waals surface area contributed by atoms with Crippen molar-refractivity contribution in [3.05, 3.63) is 11.5 Å². The quantitative estimate of drug-likeness (QED) is 0.155. The molecule has 0 aliphatic carbocycles. The fourth-order valence-corrected chi connectivity index (χ4v) is 3.85. The number of hydrogen-bond acceptors (Lipinski definition) is 11. The zero-order valence-electron chi connectivity index (χ0n) is 19.2. The highest BCUT2D eigenvalue weighted by Crippen LogP contribution is 2.31. The minimum absolute atomic E-state index is 0.231. The standard InChI is InChI=1S/C22H40O11/c1-2-3-4-5-6-7-8-9-10-30-21-19(29)17(27)20(14(12-24)32-21)33-22-18(28)16(26)15(25)13(11-23)31-22/h13,15-19,21-29H,2-12H2,1H3/t13?,15-,16+,17+,18+,19-,21+,22-/m1/s1. The van der Waals surface area contributed by atoms with E-state index in [9.17, 15) is 35.7 Å². The highest BCUT2D eigenvalue weighted by Gasteiger charge is 2.47. The molecule has 2 heterocycles. The first-order chi connectivity index (χ1) is 15.8. The van der Waals surface area contributed by atoms with E-state index in [1.807, 2.05) is 0 Å². The maximum atomic E-state index is 10.5. The van der Waals surface area contributed by atoms with Gasteiger partial charge in [-0.2, -0.15) is 0 Å². The van der Waals surface area contributed by atoms with E-state index >= 15 is 0 Å². The Balaban J connectivity index is 1.88. The molecule has 2 aliphatic rings. The zero-order chi connectivity index (χ0) is 24.4. The van der Waals surface area contributed by atoms with Crippen LogP contribution in [-0.2, 0) is 18.9 Å². The normalized spacial score (nSPS) is 34.9. The van der Waals surface area contributed by atoms with E-state index in [2.05, 4.69) is 6.92 Å². The molecule has 7 N–H and O–H groups in total. The molecule has 0 bridgehead atoms. The fraction of sp³-hybridized carbons (Fsp3) is 0.909. The molecule has 194 valence electrons. The third-order valence-corrected chi connectivity index (χ3v) is 5.92. The van der Waals surface area contributed by atoms with E-state index in [1.165, 1.54) is 25.7 Å². The lowest BCUT2D eigenvalue weighted by molar-refractivity contribution is -0.301. The van der Waals surface area contributed by atoms with Crippen molar-refractivity contribution in [3.8, 4) is 0 Å². The topological polar surface area (TPSA) is 179 Å². The van der Waals surface area contributed by atoms with Crippen molar-refractivity contribution in [2.24, 2.45) is 0 Å². The maximum Gasteiger partial charge on any atom is 0.229 e. The molecular weight excluding hydrogens is 440 g/mol. The molecule has 1 saturated heterocycles. The number of unbranched alkanes of at least 4 members (excludes halogenated alkanes) is 7. The van der Waals surface area contributed by atoms with Gasteiger partial charge in [0.15, 0.2) is 11.5 Å². The van der Waals surface area contributed by atoms with Crippen LogP contribution < -0.4 is 0 Å². The molecule has 8 atom stereocenters. The average molecular weight is 481 g/mol. The Hall–Kier alpha value is -1.02. The number of ether oxygens (including phenoxy) is 4. The molecule has 33 heavy (non-hydrogen) atoms. The van der Waals surface area contributed by atoms with E-state index in [4.69, 9.17) is 18.9 Å². The van der Waals surface area contributed by atoms with Crippen molar-refractivity contribution < 1.29 is 54.7 Å². The van der Waals surface area contributed by atoms with Crippen LogP contribution in [0.5, 0.6) is 0 Å². The van der Waals surface area contributed by atoms with Crippen LogP contribution in [-0.4, -0.2) is 105 Å². The molecule has 0 amide bonds. The lowest BCUT2D eigenvalue weighted by Gasteiger charge is -2.42. The zero-order valence-corrected chi connectivity index (χ0v) is 19.2. The first-order valence-corrected chi connectivity index (χ1v) is 11.8. The Morgan fingerprint density at radius 3 is 2.00 bits per heavy atom. The monoisotopic (exact) mass is 480 g/mol. The van der Waals surface area contributed by atoms with Crippen molar-refractivity contribution >= 4 is 0 Å². The van der Waals surface area contributed by atoms with Gasteiger partial charge < -0.3 is 54.7 Å². The van der Waals surface area contributed by atoms with Gasteiger partial charge in [-0.15, -0.1) is 0 Å². The van der Waals surface area contributed by atoms with Crippen molar-refractivity contribution in [1.82, 2.24) is 0 Å². The van der Waals surface area contributed by atoms with Crippen LogP contribution in [0.4, 0.5) is 0 Å². The van der Waals surface area contributed by atoms with Gasteiger partial charge >= 0.3 is 0 Å². The lowest BCUT2D eigenvalue weighted by atomic mass is 9.99. The number of rotatable bonds is 14. The van der Waals surface area contributed by atoms with Gasteiger partial charge in [-0.1, -0.05) is 51.9 Å². The van der Waals surface area contributed by atoms with Gasteiger partial charge in [-0.25, -0.2) is 0 Å². The predicted octanol–water partition coefficient (Wildman–Crippen LogP) is -0.758. The van der Waals surface area contributed by atoms with Crippen LogP contribution in [0.3, 0.4) is 0 Å². The van der Waals surface area contributed by atoms with E-state index in [0.717, 1.165) is 25.7 Å². The van der Waals surface area contributed by atoms with Gasteiger partial charge in [0, 0.05) is 0 Å². The summed E-state index contributed by atoms with van der Waals surface area (Å²) in [5.74, 6) is -0.632. The van der Waals surface area contributed by atoms with Gasteiger partial charge in [0.1, 0.15) is 43.2 Å². The molecule has 0 aromatic rings. The Bertz CT molecular complexity index is 585. The average Bonchev–Trinajstić information content (AvgIpc) is 2.82. The van der Waals surface area contributed by atoms with Gasteiger partial charge in [0.05, 0.1) is 13.2 Å². The minimum Gasteiger partial charge on any atom is -0.460 e. The van der Waals surface area contributed by atoms with Crippen LogP contribution in [0.2, 0.25) is 0 Å². The third kappa shape index (κ3) is 7.74. The van der Waals surface area contributed by atoms with E-state index < -0.39 is 68.2 Å². The Labute approximate surface area is 194 Å². The molecule has 11 heteroatoms. The van der Waals surface area contributed by atoms with Crippen molar-refractivity contribution in [2.45, 2.75) is 107 Å². The lowest BCUT2D eigenvalue weighted by Crippen LogP contribution is -2.59. The minimum atomic E-state index is -1.73. The molecule has 0 saturated carbocycles. The maximum absolute atomic E-state index is 10.5. The second kappa shape index (κ2) is 14.4. The van der Waals surface area contributed by atoms with Crippen LogP contribution >= 0.6 is 0 Å². The van der Waals surface area contributed by atoms with Gasteiger partial charge in [0.2, 0.25) is 12.6 Å². The first-order valence-electron chi connectivity index (χ1n) is 11.8. The van der Waals surface area contributed by atoms with E-state index in [-0.39, 0.29) is 5.76 Å². The van der Waals surface area contributed by atoms with Crippen molar-refractivity contribution in [3.63, 3.8) is 0 Å². The molecule has 0 radical (unpaired) electrons. The van der Waals surface area contributed by atoms with Crippen LogP contribution in [0.15, 0.2) is 11.5 Å². The molecule has 2 aliphatic heterocycles. The molecular formula is C22H40O11. The highest BCUT2D eigenvalue weighted by atomic mass is 16.7. The summed E-state index contributed by atoms with van der Waals surface area (Å²) in [5.41, 5.74) is 0. The summed E-state index contributed by atoms with van der Waals surface area (Å²) in [6.45, 7) is 1.12. The summed E-state index contributed by atoms with van der Waals surface area (Å²) in [5, 5.41) is 69.7. The summed E-state index contributed by atoms with van der Waals surface area (Å²) in [6, 6.07) is 0. The second-order valence-electron chi connectivity index (χ2n) is 8.53. The molecule has 11 nitrogen and oxygen atoms in total. The number of aliphatic hydroxyl groups is 7. The van der Waals surface area contributed by atoms with Crippen LogP contribution in [0.25, 0.3) is 0 Å². The van der Waals surface area contributed by atoms with E-state index in [1.54, 1.807) is 0 Å². The Morgan fingerprint density at radius 1 is 0.758 bits per heavy atom. The largest absolute Gasteiger partial charge is 0.460 e. The molecule has 2 rings (SSSR count). The smallest absolute Gasteiger partial charge is 0.229 e. The highest BCUT2D eigenvalue weighted by molar-refractivity contribution is 5.14. The molecule has 0 aromatic heterocycles.